The summed E-state index contributed by atoms with van der Waals surface area (Å²) in [6.45, 7) is 2.57. The second kappa shape index (κ2) is 6.08. The van der Waals surface area contributed by atoms with Crippen LogP contribution < -0.4 is 5.32 Å². The number of aromatic nitrogens is 2. The van der Waals surface area contributed by atoms with Gasteiger partial charge in [-0.25, -0.2) is 4.39 Å². The Hall–Kier alpha value is -2.24. The highest BCUT2D eigenvalue weighted by atomic mass is 19.1. The van der Waals surface area contributed by atoms with Gasteiger partial charge in [-0.3, -0.25) is 4.79 Å². The van der Waals surface area contributed by atoms with E-state index in [1.807, 2.05) is 6.92 Å². The van der Waals surface area contributed by atoms with Crippen LogP contribution in [0.5, 0.6) is 0 Å². The van der Waals surface area contributed by atoms with E-state index in [0.717, 1.165) is 12.8 Å². The van der Waals surface area contributed by atoms with Crippen LogP contribution in [0.15, 0.2) is 28.7 Å². The molecule has 0 radical (unpaired) electrons. The van der Waals surface area contributed by atoms with E-state index in [0.29, 0.717) is 6.54 Å². The zero-order valence-corrected chi connectivity index (χ0v) is 10.5. The van der Waals surface area contributed by atoms with Gasteiger partial charge in [0.05, 0.1) is 5.56 Å². The number of nitrogens with zero attached hydrogens (tertiary/aromatic N) is 2. The van der Waals surface area contributed by atoms with Gasteiger partial charge in [-0.15, -0.1) is 10.2 Å². The van der Waals surface area contributed by atoms with Crippen LogP contribution in [-0.2, 0) is 0 Å². The molecule has 0 saturated heterocycles. The first-order chi connectivity index (χ1) is 9.22. The molecule has 6 heteroatoms. The zero-order valence-electron chi connectivity index (χ0n) is 10.5. The molecule has 0 aliphatic heterocycles. The molecule has 0 spiro atoms. The number of hydrogen-bond acceptors (Lipinski definition) is 4. The van der Waals surface area contributed by atoms with Gasteiger partial charge in [0, 0.05) is 6.54 Å². The second-order valence-corrected chi connectivity index (χ2v) is 4.00. The minimum Gasteiger partial charge on any atom is -0.412 e. The Morgan fingerprint density at radius 3 is 2.89 bits per heavy atom. The Morgan fingerprint density at radius 1 is 1.37 bits per heavy atom. The molecule has 1 aromatic carbocycles. The van der Waals surface area contributed by atoms with Crippen molar-refractivity contribution in [2.24, 2.45) is 0 Å². The fourth-order valence-corrected chi connectivity index (χ4v) is 1.51. The summed E-state index contributed by atoms with van der Waals surface area (Å²) in [5.41, 5.74) is 0.183. The normalized spacial score (nSPS) is 10.4. The Morgan fingerprint density at radius 2 is 2.16 bits per heavy atom. The van der Waals surface area contributed by atoms with Crippen molar-refractivity contribution in [3.63, 3.8) is 0 Å². The van der Waals surface area contributed by atoms with Crippen LogP contribution in [-0.4, -0.2) is 22.6 Å². The first-order valence-electron chi connectivity index (χ1n) is 6.09. The Labute approximate surface area is 109 Å². The average molecular weight is 263 g/mol. The van der Waals surface area contributed by atoms with Crippen molar-refractivity contribution < 1.29 is 13.6 Å². The molecule has 1 amide bonds. The van der Waals surface area contributed by atoms with Crippen molar-refractivity contribution in [2.45, 2.75) is 19.8 Å². The minimum atomic E-state index is -0.468. The molecule has 0 aliphatic carbocycles. The van der Waals surface area contributed by atoms with E-state index in [1.54, 1.807) is 12.1 Å². The Bertz CT molecular complexity index is 569. The summed E-state index contributed by atoms with van der Waals surface area (Å²) in [5, 5.41) is 9.95. The molecule has 100 valence electrons. The smallest absolute Gasteiger partial charge is 0.308 e. The summed E-state index contributed by atoms with van der Waals surface area (Å²) in [5.74, 6) is -1.07. The van der Waals surface area contributed by atoms with E-state index in [2.05, 4.69) is 15.5 Å². The lowest BCUT2D eigenvalue weighted by Crippen LogP contribution is -2.24. The van der Waals surface area contributed by atoms with Gasteiger partial charge in [0.25, 0.3) is 5.89 Å². The van der Waals surface area contributed by atoms with Crippen LogP contribution in [0.25, 0.3) is 11.5 Å². The number of unbranched alkanes of at least 4 members (excludes halogenated alkanes) is 1. The third-order valence-corrected chi connectivity index (χ3v) is 2.54. The molecule has 0 unspecified atom stereocenters. The lowest BCUT2D eigenvalue weighted by molar-refractivity contribution is 0.0919. The maximum Gasteiger partial charge on any atom is 0.308 e. The number of benzene rings is 1. The molecular weight excluding hydrogens is 249 g/mol. The predicted molar refractivity (Wildman–Crippen MR) is 66.9 cm³/mol. The summed E-state index contributed by atoms with van der Waals surface area (Å²) < 4.78 is 18.7. The molecule has 0 aliphatic rings. The maximum absolute atomic E-state index is 13.5. The van der Waals surface area contributed by atoms with Crippen molar-refractivity contribution in [2.75, 3.05) is 6.54 Å². The lowest BCUT2D eigenvalue weighted by atomic mass is 10.2. The zero-order chi connectivity index (χ0) is 13.7. The molecule has 0 atom stereocenters. The summed E-state index contributed by atoms with van der Waals surface area (Å²) in [6.07, 6.45) is 1.85. The summed E-state index contributed by atoms with van der Waals surface area (Å²) in [6, 6.07) is 6.03. The van der Waals surface area contributed by atoms with E-state index < -0.39 is 11.7 Å². The van der Waals surface area contributed by atoms with Gasteiger partial charge in [0.1, 0.15) is 5.82 Å². The lowest BCUT2D eigenvalue weighted by Gasteiger charge is -1.99. The SMILES string of the molecule is CCCCNC(=O)c1nnc(-c2ccccc2F)o1. The Kier molecular flexibility index (Phi) is 4.22. The van der Waals surface area contributed by atoms with Crippen LogP contribution in [0, 0.1) is 5.82 Å². The molecule has 2 rings (SSSR count). The van der Waals surface area contributed by atoms with Gasteiger partial charge >= 0.3 is 11.8 Å². The van der Waals surface area contributed by atoms with E-state index in [-0.39, 0.29) is 17.3 Å². The maximum atomic E-state index is 13.5. The molecule has 2 aromatic rings. The third-order valence-electron chi connectivity index (χ3n) is 2.54. The number of carbonyl (C=O) groups excluding carboxylic acids is 1. The number of amides is 1. The first-order valence-corrected chi connectivity index (χ1v) is 6.09. The second-order valence-electron chi connectivity index (χ2n) is 4.00. The molecule has 1 aromatic heterocycles. The quantitative estimate of drug-likeness (QED) is 0.841. The number of halogens is 1. The molecule has 19 heavy (non-hydrogen) atoms. The van der Waals surface area contributed by atoms with Crippen molar-refractivity contribution in [1.29, 1.82) is 0 Å². The topological polar surface area (TPSA) is 68.0 Å². The number of hydrogen-bond donors (Lipinski definition) is 1. The first kappa shape index (κ1) is 13.2. The largest absolute Gasteiger partial charge is 0.412 e. The van der Waals surface area contributed by atoms with Crippen LogP contribution >= 0.6 is 0 Å². The highest BCUT2D eigenvalue weighted by Crippen LogP contribution is 2.20. The summed E-state index contributed by atoms with van der Waals surface area (Å²) in [7, 11) is 0. The van der Waals surface area contributed by atoms with Crippen molar-refractivity contribution in [3.8, 4) is 11.5 Å². The summed E-state index contributed by atoms with van der Waals surface area (Å²) >= 11 is 0. The van der Waals surface area contributed by atoms with Crippen LogP contribution in [0.1, 0.15) is 30.5 Å². The highest BCUT2D eigenvalue weighted by molar-refractivity contribution is 5.89. The van der Waals surface area contributed by atoms with Crippen LogP contribution in [0.4, 0.5) is 4.39 Å². The molecular formula is C13H14FN3O2. The fourth-order valence-electron chi connectivity index (χ4n) is 1.51. The summed E-state index contributed by atoms with van der Waals surface area (Å²) in [4.78, 5) is 11.6. The van der Waals surface area contributed by atoms with E-state index in [1.165, 1.54) is 12.1 Å². The van der Waals surface area contributed by atoms with Gasteiger partial charge in [0.15, 0.2) is 0 Å². The number of nitrogens with one attached hydrogen (secondary N) is 1. The van der Waals surface area contributed by atoms with Gasteiger partial charge in [-0.1, -0.05) is 25.5 Å². The fraction of sp³-hybridized carbons (Fsp3) is 0.308. The van der Waals surface area contributed by atoms with Crippen LogP contribution in [0.3, 0.4) is 0 Å². The molecule has 1 N–H and O–H groups in total. The van der Waals surface area contributed by atoms with Gasteiger partial charge < -0.3 is 9.73 Å². The van der Waals surface area contributed by atoms with Crippen LogP contribution in [0.2, 0.25) is 0 Å². The number of rotatable bonds is 5. The number of carbonyl (C=O) groups is 1. The standard InChI is InChI=1S/C13H14FN3O2/c1-2-3-8-15-11(18)13-17-16-12(19-13)9-6-4-5-7-10(9)14/h4-7H,2-3,8H2,1H3,(H,15,18). The predicted octanol–water partition coefficient (Wildman–Crippen LogP) is 2.41. The molecule has 0 saturated carbocycles. The average Bonchev–Trinajstić information content (AvgIpc) is 2.89. The van der Waals surface area contributed by atoms with Gasteiger partial charge in [-0.05, 0) is 18.6 Å². The third kappa shape index (κ3) is 3.15. The molecule has 0 bridgehead atoms. The van der Waals surface area contributed by atoms with Crippen molar-refractivity contribution in [1.82, 2.24) is 15.5 Å². The molecule has 0 fully saturated rings. The van der Waals surface area contributed by atoms with E-state index in [9.17, 15) is 9.18 Å². The molecule has 5 nitrogen and oxygen atoms in total. The minimum absolute atomic E-state index is 0.00117. The van der Waals surface area contributed by atoms with Crippen molar-refractivity contribution in [3.05, 3.63) is 36.0 Å². The highest BCUT2D eigenvalue weighted by Gasteiger charge is 2.17. The Balaban J connectivity index is 2.11. The van der Waals surface area contributed by atoms with Crippen molar-refractivity contribution >= 4 is 5.91 Å². The van der Waals surface area contributed by atoms with E-state index in [4.69, 9.17) is 4.42 Å². The van der Waals surface area contributed by atoms with E-state index >= 15 is 0 Å². The van der Waals surface area contributed by atoms with Gasteiger partial charge in [0.2, 0.25) is 0 Å². The molecule has 1 heterocycles. The monoisotopic (exact) mass is 263 g/mol. The van der Waals surface area contributed by atoms with Gasteiger partial charge in [-0.2, -0.15) is 0 Å².